The normalized spacial score (nSPS) is 11.0. The largest absolute Gasteiger partial charge is 0.480 e. The van der Waals surface area contributed by atoms with Gasteiger partial charge in [-0.15, -0.1) is 0 Å². The lowest BCUT2D eigenvalue weighted by Crippen LogP contribution is -2.32. The fraction of sp³-hybridized carbons (Fsp3) is 0.286. The molecular weight excluding hydrogens is 204 g/mol. The number of carbonyl (C=O) groups is 2. The van der Waals surface area contributed by atoms with Crippen molar-refractivity contribution in [1.82, 2.24) is 9.97 Å². The average Bonchev–Trinajstić information content (AvgIpc) is 2.55. The van der Waals surface area contributed by atoms with Crippen molar-refractivity contribution in [1.29, 1.82) is 0 Å². The first-order chi connectivity index (χ1) is 6.93. The number of carboxylic acid groups (broad SMARTS) is 2. The Balaban J connectivity index is 0.000000423. The standard InChI is InChI=1S/C6H9N3O2.CH3NO2/c7-5(6(10)11)1-4-2-8-3-9-4;2-1(3)4/h2-3,5H,1,7H2,(H,8,9)(H,10,11);2H2,(H,3,4)/t5-;/m0./s1. The third kappa shape index (κ3) is 7.02. The Labute approximate surface area is 84.9 Å². The molecule has 1 aromatic rings. The van der Waals surface area contributed by atoms with Crippen LogP contribution in [-0.2, 0) is 11.2 Å². The maximum absolute atomic E-state index is 10.3. The maximum atomic E-state index is 10.3. The number of hydrogen-bond acceptors (Lipinski definition) is 4. The second kappa shape index (κ2) is 6.38. The Morgan fingerprint density at radius 3 is 2.40 bits per heavy atom. The number of aliphatic carboxylic acids is 1. The van der Waals surface area contributed by atoms with Crippen LogP contribution < -0.4 is 11.5 Å². The van der Waals surface area contributed by atoms with Gasteiger partial charge in [-0.1, -0.05) is 0 Å². The van der Waals surface area contributed by atoms with Gasteiger partial charge in [-0.05, 0) is 0 Å². The van der Waals surface area contributed by atoms with Gasteiger partial charge in [0.15, 0.2) is 0 Å². The summed E-state index contributed by atoms with van der Waals surface area (Å²) in [6, 6.07) is -0.851. The van der Waals surface area contributed by atoms with Gasteiger partial charge in [-0.2, -0.15) is 0 Å². The van der Waals surface area contributed by atoms with E-state index < -0.39 is 18.1 Å². The van der Waals surface area contributed by atoms with Crippen LogP contribution in [0.15, 0.2) is 12.5 Å². The molecule has 1 aromatic heterocycles. The third-order valence-corrected chi connectivity index (χ3v) is 1.31. The lowest BCUT2D eigenvalue weighted by Gasteiger charge is -2.02. The minimum atomic E-state index is -1.33. The molecule has 0 saturated heterocycles. The summed E-state index contributed by atoms with van der Waals surface area (Å²) in [7, 11) is 0. The summed E-state index contributed by atoms with van der Waals surface area (Å²) in [6.45, 7) is 0. The first-order valence-electron chi connectivity index (χ1n) is 3.87. The van der Waals surface area contributed by atoms with E-state index in [2.05, 4.69) is 15.7 Å². The molecular formula is C7H12N4O4. The van der Waals surface area contributed by atoms with E-state index in [9.17, 15) is 4.79 Å². The molecule has 0 radical (unpaired) electrons. The van der Waals surface area contributed by atoms with Gasteiger partial charge < -0.3 is 26.7 Å². The van der Waals surface area contributed by atoms with Crippen LogP contribution in [0.4, 0.5) is 4.79 Å². The van der Waals surface area contributed by atoms with E-state index in [1.54, 1.807) is 6.20 Å². The topological polar surface area (TPSA) is 155 Å². The number of carboxylic acids is 1. The van der Waals surface area contributed by atoms with Gasteiger partial charge in [0.1, 0.15) is 6.04 Å². The highest BCUT2D eigenvalue weighted by Gasteiger charge is 2.11. The van der Waals surface area contributed by atoms with Crippen molar-refractivity contribution in [2.75, 3.05) is 0 Å². The van der Waals surface area contributed by atoms with Crippen molar-refractivity contribution in [2.45, 2.75) is 12.5 Å². The van der Waals surface area contributed by atoms with Crippen LogP contribution in [0.25, 0.3) is 0 Å². The zero-order valence-electron chi connectivity index (χ0n) is 7.75. The highest BCUT2D eigenvalue weighted by Crippen LogP contribution is 1.95. The zero-order chi connectivity index (χ0) is 11.8. The summed E-state index contributed by atoms with van der Waals surface area (Å²) in [4.78, 5) is 25.5. The fourth-order valence-corrected chi connectivity index (χ4v) is 0.721. The number of aromatic amines is 1. The van der Waals surface area contributed by atoms with E-state index in [1.807, 2.05) is 0 Å². The number of nitrogens with zero attached hydrogens (tertiary/aromatic N) is 1. The van der Waals surface area contributed by atoms with E-state index in [4.69, 9.17) is 20.7 Å². The molecule has 7 N–H and O–H groups in total. The van der Waals surface area contributed by atoms with Crippen LogP contribution in [0, 0.1) is 0 Å². The van der Waals surface area contributed by atoms with Crippen LogP contribution in [0.5, 0.6) is 0 Å². The summed E-state index contributed by atoms with van der Waals surface area (Å²) in [5, 5.41) is 15.6. The molecule has 0 unspecified atom stereocenters. The van der Waals surface area contributed by atoms with Crippen LogP contribution in [-0.4, -0.2) is 38.3 Å². The van der Waals surface area contributed by atoms with E-state index in [1.165, 1.54) is 6.33 Å². The summed E-state index contributed by atoms with van der Waals surface area (Å²) in [5.74, 6) is -1.00. The van der Waals surface area contributed by atoms with Crippen molar-refractivity contribution < 1.29 is 19.8 Å². The monoisotopic (exact) mass is 216 g/mol. The smallest absolute Gasteiger partial charge is 0.402 e. The Morgan fingerprint density at radius 1 is 1.53 bits per heavy atom. The molecule has 8 heteroatoms. The Bertz CT molecular complexity index is 307. The van der Waals surface area contributed by atoms with E-state index >= 15 is 0 Å². The second-order valence-electron chi connectivity index (χ2n) is 2.56. The Hall–Kier alpha value is -2.09. The van der Waals surface area contributed by atoms with Gasteiger partial charge in [-0.25, -0.2) is 9.78 Å². The fourth-order valence-electron chi connectivity index (χ4n) is 0.721. The Kier molecular flexibility index (Phi) is 5.49. The summed E-state index contributed by atoms with van der Waals surface area (Å²) in [5.41, 5.74) is 10.0. The summed E-state index contributed by atoms with van der Waals surface area (Å²) in [6.07, 6.45) is 2.00. The number of hydrogen-bond donors (Lipinski definition) is 5. The molecule has 0 aliphatic carbocycles. The van der Waals surface area contributed by atoms with Gasteiger partial charge >= 0.3 is 12.1 Å². The SMILES string of the molecule is NC(=O)O.N[C@@H](Cc1cnc[nH]1)C(=O)O. The van der Waals surface area contributed by atoms with Crippen LogP contribution >= 0.6 is 0 Å². The molecule has 0 aliphatic heterocycles. The molecule has 1 amide bonds. The van der Waals surface area contributed by atoms with Gasteiger partial charge in [-0.3, -0.25) is 4.79 Å². The molecule has 8 nitrogen and oxygen atoms in total. The molecule has 0 spiro atoms. The van der Waals surface area contributed by atoms with E-state index in [0.717, 1.165) is 5.69 Å². The van der Waals surface area contributed by atoms with Gasteiger partial charge in [0.05, 0.1) is 6.33 Å². The van der Waals surface area contributed by atoms with Crippen molar-refractivity contribution in [3.8, 4) is 0 Å². The minimum absolute atomic E-state index is 0.287. The van der Waals surface area contributed by atoms with Crippen LogP contribution in [0.3, 0.4) is 0 Å². The second-order valence-corrected chi connectivity index (χ2v) is 2.56. The zero-order valence-corrected chi connectivity index (χ0v) is 7.75. The summed E-state index contributed by atoms with van der Waals surface area (Å²) >= 11 is 0. The minimum Gasteiger partial charge on any atom is -0.480 e. The molecule has 0 saturated carbocycles. The molecule has 84 valence electrons. The molecule has 1 atom stereocenters. The predicted molar refractivity (Wildman–Crippen MR) is 50.1 cm³/mol. The average molecular weight is 216 g/mol. The molecule has 15 heavy (non-hydrogen) atoms. The van der Waals surface area contributed by atoms with Gasteiger partial charge in [0.2, 0.25) is 0 Å². The van der Waals surface area contributed by atoms with Gasteiger partial charge in [0.25, 0.3) is 0 Å². The first kappa shape index (κ1) is 12.9. The number of aromatic nitrogens is 2. The summed E-state index contributed by atoms with van der Waals surface area (Å²) < 4.78 is 0. The number of H-pyrrole nitrogens is 1. The third-order valence-electron chi connectivity index (χ3n) is 1.31. The van der Waals surface area contributed by atoms with Crippen molar-refractivity contribution >= 4 is 12.1 Å². The van der Waals surface area contributed by atoms with Crippen molar-refractivity contribution in [2.24, 2.45) is 11.5 Å². The number of amides is 1. The number of nitrogens with one attached hydrogen (secondary N) is 1. The molecule has 0 aromatic carbocycles. The first-order valence-corrected chi connectivity index (χ1v) is 3.87. The van der Waals surface area contributed by atoms with E-state index in [0.29, 0.717) is 0 Å². The number of rotatable bonds is 3. The quantitative estimate of drug-likeness (QED) is 0.435. The number of imidazole rings is 1. The Morgan fingerprint density at radius 2 is 2.07 bits per heavy atom. The van der Waals surface area contributed by atoms with E-state index in [-0.39, 0.29) is 6.42 Å². The molecule has 1 heterocycles. The number of primary amides is 1. The van der Waals surface area contributed by atoms with Crippen LogP contribution in [0.1, 0.15) is 5.69 Å². The number of nitrogens with two attached hydrogens (primary N) is 2. The highest BCUT2D eigenvalue weighted by molar-refractivity contribution is 5.73. The lowest BCUT2D eigenvalue weighted by atomic mass is 10.2. The molecule has 0 fully saturated rings. The predicted octanol–water partition coefficient (Wildman–Crippen LogP) is -1.01. The molecule has 1 rings (SSSR count). The van der Waals surface area contributed by atoms with Crippen LogP contribution in [0.2, 0.25) is 0 Å². The lowest BCUT2D eigenvalue weighted by molar-refractivity contribution is -0.138. The maximum Gasteiger partial charge on any atom is 0.402 e. The highest BCUT2D eigenvalue weighted by atomic mass is 16.4. The molecule has 0 aliphatic rings. The van der Waals surface area contributed by atoms with Crippen molar-refractivity contribution in [3.05, 3.63) is 18.2 Å². The molecule has 0 bridgehead atoms. The van der Waals surface area contributed by atoms with Gasteiger partial charge in [0, 0.05) is 18.3 Å². The van der Waals surface area contributed by atoms with Crippen molar-refractivity contribution in [3.63, 3.8) is 0 Å².